The van der Waals surface area contributed by atoms with Gasteiger partial charge in [0, 0.05) is 6.07 Å². The number of carbonyl (C=O) groups is 1. The standard InChI is InChI=1S/C14H19FO3/c1-3-4-5-6-10(2)18-14(17)12-8-7-11(16)9-13(12)15/h7-10,16H,3-6H2,1-2H3/t10-/m1/s1. The number of esters is 1. The van der Waals surface area contributed by atoms with Crippen molar-refractivity contribution >= 4 is 5.97 Å². The van der Waals surface area contributed by atoms with E-state index in [1.165, 1.54) is 12.1 Å². The number of hydrogen-bond donors (Lipinski definition) is 1. The van der Waals surface area contributed by atoms with Gasteiger partial charge < -0.3 is 9.84 Å². The Morgan fingerprint density at radius 3 is 2.78 bits per heavy atom. The minimum Gasteiger partial charge on any atom is -0.508 e. The van der Waals surface area contributed by atoms with Gasteiger partial charge in [0.25, 0.3) is 0 Å². The summed E-state index contributed by atoms with van der Waals surface area (Å²) in [7, 11) is 0. The fraction of sp³-hybridized carbons (Fsp3) is 0.500. The van der Waals surface area contributed by atoms with Crippen molar-refractivity contribution in [3.05, 3.63) is 29.6 Å². The molecule has 18 heavy (non-hydrogen) atoms. The zero-order chi connectivity index (χ0) is 13.5. The fourth-order valence-corrected chi connectivity index (χ4v) is 1.66. The lowest BCUT2D eigenvalue weighted by Crippen LogP contribution is -2.16. The molecule has 1 aromatic rings. The first-order chi connectivity index (χ1) is 8.54. The minimum atomic E-state index is -0.763. The largest absolute Gasteiger partial charge is 0.508 e. The molecule has 0 aliphatic carbocycles. The Bertz CT molecular complexity index is 404. The number of phenolic OH excluding ortho intramolecular Hbond substituents is 1. The molecular weight excluding hydrogens is 235 g/mol. The van der Waals surface area contributed by atoms with Crippen LogP contribution < -0.4 is 0 Å². The van der Waals surface area contributed by atoms with Gasteiger partial charge in [-0.05, 0) is 31.9 Å². The van der Waals surface area contributed by atoms with Crippen molar-refractivity contribution in [2.45, 2.75) is 45.6 Å². The van der Waals surface area contributed by atoms with Gasteiger partial charge in [0.05, 0.1) is 11.7 Å². The van der Waals surface area contributed by atoms with E-state index >= 15 is 0 Å². The molecule has 1 atom stereocenters. The number of aromatic hydroxyl groups is 1. The summed E-state index contributed by atoms with van der Waals surface area (Å²) in [5.74, 6) is -1.66. The SMILES string of the molecule is CCCCC[C@@H](C)OC(=O)c1ccc(O)cc1F. The third-order valence-electron chi connectivity index (χ3n) is 2.70. The van der Waals surface area contributed by atoms with Crippen LogP contribution in [0.15, 0.2) is 18.2 Å². The van der Waals surface area contributed by atoms with Gasteiger partial charge in [0.15, 0.2) is 0 Å². The Morgan fingerprint density at radius 2 is 2.17 bits per heavy atom. The highest BCUT2D eigenvalue weighted by Crippen LogP contribution is 2.17. The van der Waals surface area contributed by atoms with E-state index < -0.39 is 11.8 Å². The molecule has 4 heteroatoms. The molecule has 0 heterocycles. The molecule has 100 valence electrons. The van der Waals surface area contributed by atoms with Crippen LogP contribution in [0.25, 0.3) is 0 Å². The van der Waals surface area contributed by atoms with Gasteiger partial charge in [0.2, 0.25) is 0 Å². The van der Waals surface area contributed by atoms with Gasteiger partial charge in [-0.3, -0.25) is 0 Å². The van der Waals surface area contributed by atoms with Crippen molar-refractivity contribution < 1.29 is 19.0 Å². The molecule has 0 fully saturated rings. The van der Waals surface area contributed by atoms with E-state index in [2.05, 4.69) is 6.92 Å². The van der Waals surface area contributed by atoms with Gasteiger partial charge in [-0.1, -0.05) is 19.8 Å². The molecule has 0 amide bonds. The van der Waals surface area contributed by atoms with E-state index in [9.17, 15) is 9.18 Å². The number of carbonyl (C=O) groups excluding carboxylic acids is 1. The molecule has 3 nitrogen and oxygen atoms in total. The Labute approximate surface area is 107 Å². The molecule has 0 saturated carbocycles. The van der Waals surface area contributed by atoms with Crippen LogP contribution in [-0.2, 0) is 4.74 Å². The van der Waals surface area contributed by atoms with Gasteiger partial charge in [-0.25, -0.2) is 9.18 Å². The summed E-state index contributed by atoms with van der Waals surface area (Å²) >= 11 is 0. The monoisotopic (exact) mass is 254 g/mol. The lowest BCUT2D eigenvalue weighted by atomic mass is 10.1. The van der Waals surface area contributed by atoms with Crippen molar-refractivity contribution in [2.75, 3.05) is 0 Å². The number of phenols is 1. The highest BCUT2D eigenvalue weighted by molar-refractivity contribution is 5.89. The summed E-state index contributed by atoms with van der Waals surface area (Å²) < 4.78 is 18.5. The highest BCUT2D eigenvalue weighted by atomic mass is 19.1. The second kappa shape index (κ2) is 6.99. The fourth-order valence-electron chi connectivity index (χ4n) is 1.66. The number of rotatable bonds is 6. The van der Waals surface area contributed by atoms with Crippen LogP contribution in [0.5, 0.6) is 5.75 Å². The molecule has 0 aromatic heterocycles. The summed E-state index contributed by atoms with van der Waals surface area (Å²) in [6.07, 6.45) is 3.74. The van der Waals surface area contributed by atoms with Crippen LogP contribution in [0.1, 0.15) is 49.9 Å². The first-order valence-electron chi connectivity index (χ1n) is 6.24. The number of ether oxygens (including phenoxy) is 1. The van der Waals surface area contributed by atoms with Crippen LogP contribution in [0, 0.1) is 5.82 Å². The molecule has 0 bridgehead atoms. The number of benzene rings is 1. The first kappa shape index (κ1) is 14.5. The van der Waals surface area contributed by atoms with Crippen molar-refractivity contribution in [1.82, 2.24) is 0 Å². The number of unbranched alkanes of at least 4 members (excludes halogenated alkanes) is 2. The zero-order valence-electron chi connectivity index (χ0n) is 10.8. The molecule has 1 aromatic carbocycles. The van der Waals surface area contributed by atoms with Crippen molar-refractivity contribution in [1.29, 1.82) is 0 Å². The van der Waals surface area contributed by atoms with E-state index in [0.29, 0.717) is 0 Å². The summed E-state index contributed by atoms with van der Waals surface area (Å²) in [6.45, 7) is 3.90. The zero-order valence-corrected chi connectivity index (χ0v) is 10.8. The summed E-state index contributed by atoms with van der Waals surface area (Å²) in [6, 6.07) is 3.39. The third kappa shape index (κ3) is 4.35. The van der Waals surface area contributed by atoms with Crippen molar-refractivity contribution in [3.8, 4) is 5.75 Å². The molecule has 1 rings (SSSR count). The predicted molar refractivity (Wildman–Crippen MR) is 67.1 cm³/mol. The van der Waals surface area contributed by atoms with Gasteiger partial charge in [-0.15, -0.1) is 0 Å². The summed E-state index contributed by atoms with van der Waals surface area (Å²) in [4.78, 5) is 11.7. The molecule has 0 spiro atoms. The lowest BCUT2D eigenvalue weighted by molar-refractivity contribution is 0.0314. The lowest BCUT2D eigenvalue weighted by Gasteiger charge is -2.13. The Morgan fingerprint density at radius 1 is 1.44 bits per heavy atom. The van der Waals surface area contributed by atoms with Crippen molar-refractivity contribution in [3.63, 3.8) is 0 Å². The van der Waals surface area contributed by atoms with Crippen LogP contribution in [0.2, 0.25) is 0 Å². The molecule has 0 unspecified atom stereocenters. The molecule has 0 saturated heterocycles. The molecule has 0 aliphatic rings. The van der Waals surface area contributed by atoms with E-state index in [-0.39, 0.29) is 17.4 Å². The third-order valence-corrected chi connectivity index (χ3v) is 2.70. The van der Waals surface area contributed by atoms with Gasteiger partial charge in [0.1, 0.15) is 11.6 Å². The van der Waals surface area contributed by atoms with Crippen LogP contribution in [0.3, 0.4) is 0 Å². The minimum absolute atomic E-state index is 0.143. The Kier molecular flexibility index (Phi) is 5.62. The van der Waals surface area contributed by atoms with E-state index in [1.807, 2.05) is 0 Å². The quantitative estimate of drug-likeness (QED) is 0.622. The van der Waals surface area contributed by atoms with Crippen LogP contribution in [-0.4, -0.2) is 17.2 Å². The Hall–Kier alpha value is -1.58. The number of halogens is 1. The number of hydrogen-bond acceptors (Lipinski definition) is 3. The smallest absolute Gasteiger partial charge is 0.341 e. The van der Waals surface area contributed by atoms with E-state index in [4.69, 9.17) is 9.84 Å². The molecule has 0 aliphatic heterocycles. The average Bonchev–Trinajstić information content (AvgIpc) is 2.28. The van der Waals surface area contributed by atoms with Crippen molar-refractivity contribution in [2.24, 2.45) is 0 Å². The van der Waals surface area contributed by atoms with Crippen LogP contribution >= 0.6 is 0 Å². The summed E-state index contributed by atoms with van der Waals surface area (Å²) in [5, 5.41) is 9.05. The molecular formula is C14H19FO3. The van der Waals surface area contributed by atoms with Gasteiger partial charge in [-0.2, -0.15) is 0 Å². The van der Waals surface area contributed by atoms with E-state index in [1.54, 1.807) is 6.92 Å². The maximum atomic E-state index is 13.4. The predicted octanol–water partition coefficient (Wildman–Crippen LogP) is 3.66. The molecule has 1 N–H and O–H groups in total. The topological polar surface area (TPSA) is 46.5 Å². The second-order valence-corrected chi connectivity index (χ2v) is 4.38. The highest BCUT2D eigenvalue weighted by Gasteiger charge is 2.16. The molecule has 0 radical (unpaired) electrons. The average molecular weight is 254 g/mol. The first-order valence-corrected chi connectivity index (χ1v) is 6.24. The van der Waals surface area contributed by atoms with E-state index in [0.717, 1.165) is 31.7 Å². The van der Waals surface area contributed by atoms with Gasteiger partial charge >= 0.3 is 5.97 Å². The maximum absolute atomic E-state index is 13.4. The second-order valence-electron chi connectivity index (χ2n) is 4.38. The van der Waals surface area contributed by atoms with Crippen LogP contribution in [0.4, 0.5) is 4.39 Å². The maximum Gasteiger partial charge on any atom is 0.341 e. The Balaban J connectivity index is 2.54. The normalized spacial score (nSPS) is 12.2. The summed E-state index contributed by atoms with van der Waals surface area (Å²) in [5.41, 5.74) is -0.143.